The van der Waals surface area contributed by atoms with E-state index >= 15 is 0 Å². The molecule has 108 valence electrons. The highest BCUT2D eigenvalue weighted by molar-refractivity contribution is 7.17. The average Bonchev–Trinajstić information content (AvgIpc) is 2.96. The van der Waals surface area contributed by atoms with Crippen LogP contribution in [0.5, 0.6) is 0 Å². The number of aromatic nitrogens is 2. The molecule has 0 radical (unpaired) electrons. The molecule has 0 atom stereocenters. The van der Waals surface area contributed by atoms with Crippen molar-refractivity contribution in [3.63, 3.8) is 0 Å². The van der Waals surface area contributed by atoms with E-state index in [2.05, 4.69) is 57.3 Å². The van der Waals surface area contributed by atoms with Crippen LogP contribution in [0.25, 0.3) is 10.1 Å². The Labute approximate surface area is 127 Å². The first kappa shape index (κ1) is 13.8. The summed E-state index contributed by atoms with van der Waals surface area (Å²) in [6.07, 6.45) is 3.38. The summed E-state index contributed by atoms with van der Waals surface area (Å²) in [4.78, 5) is 8.53. The van der Waals surface area contributed by atoms with Crippen LogP contribution in [0, 0.1) is 0 Å². The Kier molecular flexibility index (Phi) is 3.98. The van der Waals surface area contributed by atoms with Gasteiger partial charge in [-0.1, -0.05) is 13.3 Å². The maximum atomic E-state index is 5.54. The molecule has 3 rings (SSSR count). The third-order valence-corrected chi connectivity index (χ3v) is 4.20. The van der Waals surface area contributed by atoms with Gasteiger partial charge in [0.05, 0.1) is 0 Å². The van der Waals surface area contributed by atoms with Gasteiger partial charge in [-0.15, -0.1) is 11.3 Å². The smallest absolute Gasteiger partial charge is 0.148 e. The van der Waals surface area contributed by atoms with Gasteiger partial charge in [0.2, 0.25) is 0 Å². The first-order chi connectivity index (χ1) is 10.3. The fourth-order valence-electron chi connectivity index (χ4n) is 2.31. The molecule has 0 unspecified atom stereocenters. The lowest BCUT2D eigenvalue weighted by Crippen LogP contribution is -2.13. The standard InChI is InChI=1S/C15H17N5S/c1-2-3-12-14(17-9-18-15(12)20-16)19-11-4-5-13-10(8-11)6-7-21-13/h4-9H,2-3,16H2,1H3,(H2,17,18,19,20). The minimum absolute atomic E-state index is 0.672. The molecule has 0 aliphatic heterocycles. The summed E-state index contributed by atoms with van der Waals surface area (Å²) in [6, 6.07) is 8.42. The molecule has 0 bridgehead atoms. The van der Waals surface area contributed by atoms with Gasteiger partial charge in [-0.3, -0.25) is 0 Å². The van der Waals surface area contributed by atoms with E-state index in [4.69, 9.17) is 5.84 Å². The summed E-state index contributed by atoms with van der Waals surface area (Å²) < 4.78 is 1.28. The second-order valence-corrected chi connectivity index (χ2v) is 5.69. The quantitative estimate of drug-likeness (QED) is 0.495. The van der Waals surface area contributed by atoms with Crippen molar-refractivity contribution in [3.05, 3.63) is 41.5 Å². The van der Waals surface area contributed by atoms with Crippen molar-refractivity contribution in [2.75, 3.05) is 10.7 Å². The molecule has 3 aromatic rings. The predicted molar refractivity (Wildman–Crippen MR) is 88.9 cm³/mol. The Balaban J connectivity index is 1.96. The number of hydrogen-bond acceptors (Lipinski definition) is 6. The average molecular weight is 299 g/mol. The molecule has 0 saturated carbocycles. The lowest BCUT2D eigenvalue weighted by atomic mass is 10.1. The minimum Gasteiger partial charge on any atom is -0.340 e. The van der Waals surface area contributed by atoms with Gasteiger partial charge in [0.15, 0.2) is 0 Å². The van der Waals surface area contributed by atoms with E-state index < -0.39 is 0 Å². The van der Waals surface area contributed by atoms with Crippen molar-refractivity contribution in [1.82, 2.24) is 9.97 Å². The first-order valence-electron chi connectivity index (χ1n) is 6.86. The van der Waals surface area contributed by atoms with E-state index in [-0.39, 0.29) is 0 Å². The first-order valence-corrected chi connectivity index (χ1v) is 7.74. The van der Waals surface area contributed by atoms with Crippen LogP contribution in [-0.4, -0.2) is 9.97 Å². The number of anilines is 3. The van der Waals surface area contributed by atoms with Crippen LogP contribution in [-0.2, 0) is 6.42 Å². The number of hydrogen-bond donors (Lipinski definition) is 3. The van der Waals surface area contributed by atoms with E-state index in [1.807, 2.05) is 0 Å². The number of hydrazine groups is 1. The predicted octanol–water partition coefficient (Wildman–Crippen LogP) is 3.67. The molecule has 21 heavy (non-hydrogen) atoms. The van der Waals surface area contributed by atoms with Crippen LogP contribution in [0.2, 0.25) is 0 Å². The lowest BCUT2D eigenvalue weighted by Gasteiger charge is -2.13. The Morgan fingerprint density at radius 3 is 2.86 bits per heavy atom. The molecule has 0 aliphatic rings. The van der Waals surface area contributed by atoms with Crippen LogP contribution < -0.4 is 16.6 Å². The fourth-order valence-corrected chi connectivity index (χ4v) is 3.08. The normalized spacial score (nSPS) is 10.8. The third-order valence-electron chi connectivity index (χ3n) is 3.30. The summed E-state index contributed by atoms with van der Waals surface area (Å²) >= 11 is 1.74. The summed E-state index contributed by atoms with van der Waals surface area (Å²) in [5.74, 6) is 7.01. The largest absolute Gasteiger partial charge is 0.340 e. The molecule has 0 saturated heterocycles. The molecule has 5 nitrogen and oxygen atoms in total. The van der Waals surface area contributed by atoms with Crippen LogP contribution in [0.15, 0.2) is 36.0 Å². The van der Waals surface area contributed by atoms with Crippen molar-refractivity contribution < 1.29 is 0 Å². The monoisotopic (exact) mass is 299 g/mol. The number of nitrogens with two attached hydrogens (primary N) is 1. The zero-order valence-electron chi connectivity index (χ0n) is 11.8. The van der Waals surface area contributed by atoms with Gasteiger partial charge >= 0.3 is 0 Å². The Hall–Kier alpha value is -2.18. The second kappa shape index (κ2) is 6.07. The zero-order chi connectivity index (χ0) is 14.7. The van der Waals surface area contributed by atoms with Crippen molar-refractivity contribution in [3.8, 4) is 0 Å². The van der Waals surface area contributed by atoms with Crippen molar-refractivity contribution in [2.24, 2.45) is 5.84 Å². The van der Waals surface area contributed by atoms with Crippen LogP contribution in [0.1, 0.15) is 18.9 Å². The maximum absolute atomic E-state index is 5.54. The minimum atomic E-state index is 0.672. The topological polar surface area (TPSA) is 75.9 Å². The van der Waals surface area contributed by atoms with Crippen LogP contribution in [0.3, 0.4) is 0 Å². The summed E-state index contributed by atoms with van der Waals surface area (Å²) in [5, 5.41) is 6.70. The number of fused-ring (bicyclic) bond motifs is 1. The Morgan fingerprint density at radius 1 is 1.19 bits per heavy atom. The number of thiophene rings is 1. The van der Waals surface area contributed by atoms with Crippen LogP contribution >= 0.6 is 11.3 Å². The molecule has 2 aromatic heterocycles. The molecule has 0 fully saturated rings. The number of nitrogens with zero attached hydrogens (tertiary/aromatic N) is 2. The molecule has 4 N–H and O–H groups in total. The van der Waals surface area contributed by atoms with E-state index in [1.165, 1.54) is 16.4 Å². The third kappa shape index (κ3) is 2.81. The molecule has 6 heteroatoms. The highest BCUT2D eigenvalue weighted by Crippen LogP contribution is 2.28. The van der Waals surface area contributed by atoms with Gasteiger partial charge in [-0.25, -0.2) is 15.8 Å². The van der Waals surface area contributed by atoms with Gasteiger partial charge in [0, 0.05) is 16.0 Å². The number of benzene rings is 1. The fraction of sp³-hybridized carbons (Fsp3) is 0.200. The summed E-state index contributed by atoms with van der Waals surface area (Å²) in [6.45, 7) is 2.12. The Morgan fingerprint density at radius 2 is 2.05 bits per heavy atom. The molecule has 0 amide bonds. The SMILES string of the molecule is CCCc1c(NN)ncnc1Nc1ccc2sccc2c1. The van der Waals surface area contributed by atoms with E-state index in [0.717, 1.165) is 29.9 Å². The molecule has 0 aliphatic carbocycles. The molecular formula is C15H17N5S. The second-order valence-electron chi connectivity index (χ2n) is 4.74. The van der Waals surface area contributed by atoms with Crippen molar-refractivity contribution in [1.29, 1.82) is 0 Å². The Bertz CT molecular complexity index is 753. The van der Waals surface area contributed by atoms with Gasteiger partial charge in [-0.05, 0) is 41.5 Å². The number of rotatable bonds is 5. The lowest BCUT2D eigenvalue weighted by molar-refractivity contribution is 0.903. The zero-order valence-corrected chi connectivity index (χ0v) is 12.6. The molecule has 2 heterocycles. The molecule has 0 spiro atoms. The van der Waals surface area contributed by atoms with Gasteiger partial charge in [0.25, 0.3) is 0 Å². The van der Waals surface area contributed by atoms with Crippen molar-refractivity contribution >= 4 is 38.7 Å². The molecule has 1 aromatic carbocycles. The van der Waals surface area contributed by atoms with Crippen molar-refractivity contribution in [2.45, 2.75) is 19.8 Å². The maximum Gasteiger partial charge on any atom is 0.148 e. The van der Waals surface area contributed by atoms with Crippen LogP contribution in [0.4, 0.5) is 17.3 Å². The summed E-state index contributed by atoms with van der Waals surface area (Å²) in [5.41, 5.74) is 4.66. The van der Waals surface area contributed by atoms with Gasteiger partial charge in [0.1, 0.15) is 18.0 Å². The summed E-state index contributed by atoms with van der Waals surface area (Å²) in [7, 11) is 0. The highest BCUT2D eigenvalue weighted by atomic mass is 32.1. The van der Waals surface area contributed by atoms with E-state index in [1.54, 1.807) is 11.3 Å². The van der Waals surface area contributed by atoms with E-state index in [0.29, 0.717) is 5.82 Å². The highest BCUT2D eigenvalue weighted by Gasteiger charge is 2.10. The number of nitrogens with one attached hydrogen (secondary N) is 2. The number of nitrogen functional groups attached to an aromatic ring is 1. The van der Waals surface area contributed by atoms with E-state index in [9.17, 15) is 0 Å². The van der Waals surface area contributed by atoms with Gasteiger partial charge < -0.3 is 10.7 Å². The van der Waals surface area contributed by atoms with Gasteiger partial charge in [-0.2, -0.15) is 0 Å². The molecular weight excluding hydrogens is 282 g/mol.